The molecule has 0 unspecified atom stereocenters. The van der Waals surface area contributed by atoms with Crippen LogP contribution in [0.3, 0.4) is 0 Å². The molecule has 0 saturated carbocycles. The van der Waals surface area contributed by atoms with Gasteiger partial charge in [-0.2, -0.15) is 0 Å². The zero-order chi connectivity index (χ0) is 10.1. The van der Waals surface area contributed by atoms with Gasteiger partial charge in [-0.3, -0.25) is 9.51 Å². The average molecular weight is 192 g/mol. The van der Waals surface area contributed by atoms with Gasteiger partial charge >= 0.3 is 5.76 Å². The van der Waals surface area contributed by atoms with Crippen molar-refractivity contribution in [1.29, 1.82) is 0 Å². The summed E-state index contributed by atoms with van der Waals surface area (Å²) in [5, 5.41) is 12.9. The molecule has 2 rings (SSSR count). The third-order valence-electron chi connectivity index (χ3n) is 1.92. The van der Waals surface area contributed by atoms with Crippen molar-refractivity contribution in [1.82, 2.24) is 10.1 Å². The van der Waals surface area contributed by atoms with Crippen LogP contribution in [0.2, 0.25) is 0 Å². The Kier molecular flexibility index (Phi) is 1.85. The van der Waals surface area contributed by atoms with Gasteiger partial charge in [0.15, 0.2) is 5.82 Å². The smallest absolute Gasteiger partial charge is 0.439 e. The van der Waals surface area contributed by atoms with Crippen molar-refractivity contribution in [3.63, 3.8) is 0 Å². The molecule has 1 aromatic heterocycles. The van der Waals surface area contributed by atoms with E-state index in [9.17, 15) is 9.90 Å². The van der Waals surface area contributed by atoms with E-state index < -0.39 is 5.76 Å². The van der Waals surface area contributed by atoms with E-state index in [1.54, 1.807) is 19.1 Å². The molecule has 1 aromatic carbocycles. The van der Waals surface area contributed by atoms with Gasteiger partial charge in [0.2, 0.25) is 0 Å². The summed E-state index contributed by atoms with van der Waals surface area (Å²) in [6.07, 6.45) is 0. The van der Waals surface area contributed by atoms with E-state index in [1.165, 1.54) is 6.07 Å². The number of aromatic nitrogens is 2. The van der Waals surface area contributed by atoms with Crippen LogP contribution in [0, 0.1) is 6.92 Å². The van der Waals surface area contributed by atoms with Crippen molar-refractivity contribution >= 4 is 0 Å². The zero-order valence-electron chi connectivity index (χ0n) is 7.44. The minimum absolute atomic E-state index is 0.159. The molecule has 0 aliphatic heterocycles. The molecule has 0 atom stereocenters. The number of rotatable bonds is 1. The fourth-order valence-electron chi connectivity index (χ4n) is 1.11. The number of nitrogens with zero attached hydrogens (tertiary/aromatic N) is 1. The van der Waals surface area contributed by atoms with Crippen molar-refractivity contribution in [2.45, 2.75) is 6.92 Å². The Labute approximate surface area is 79.0 Å². The summed E-state index contributed by atoms with van der Waals surface area (Å²) in [6, 6.07) is 4.99. The summed E-state index contributed by atoms with van der Waals surface area (Å²) >= 11 is 0. The summed E-state index contributed by atoms with van der Waals surface area (Å²) in [6.45, 7) is 1.78. The Morgan fingerprint density at radius 1 is 1.50 bits per heavy atom. The third kappa shape index (κ3) is 1.39. The van der Waals surface area contributed by atoms with Crippen molar-refractivity contribution in [3.8, 4) is 17.1 Å². The highest BCUT2D eigenvalue weighted by molar-refractivity contribution is 5.58. The minimum atomic E-state index is -0.611. The number of aromatic amines is 1. The van der Waals surface area contributed by atoms with Crippen molar-refractivity contribution in [2.24, 2.45) is 0 Å². The molecule has 0 radical (unpaired) electrons. The Morgan fingerprint density at radius 2 is 2.29 bits per heavy atom. The number of phenols is 1. The topological polar surface area (TPSA) is 79.1 Å². The number of hydrogen-bond donors (Lipinski definition) is 2. The van der Waals surface area contributed by atoms with Gasteiger partial charge in [-0.1, -0.05) is 17.3 Å². The predicted octanol–water partition coefficient (Wildman–Crippen LogP) is 1.04. The molecule has 2 aromatic rings. The monoisotopic (exact) mass is 192 g/mol. The minimum Gasteiger partial charge on any atom is -0.508 e. The summed E-state index contributed by atoms with van der Waals surface area (Å²) in [7, 11) is 0. The highest BCUT2D eigenvalue weighted by atomic mass is 16.5. The standard InChI is InChI=1S/C9H8N2O3/c1-5-2-3-6(4-7(5)12)8-10-9(13)14-11-8/h2-4,12H,1H3,(H,10,11,13). The normalized spacial score (nSPS) is 10.4. The maximum Gasteiger partial charge on any atom is 0.439 e. The first-order chi connectivity index (χ1) is 6.66. The van der Waals surface area contributed by atoms with E-state index in [1.807, 2.05) is 0 Å². The second-order valence-electron chi connectivity index (χ2n) is 2.94. The fourth-order valence-corrected chi connectivity index (χ4v) is 1.11. The number of hydrogen-bond acceptors (Lipinski definition) is 4. The lowest BCUT2D eigenvalue weighted by Gasteiger charge is -1.99. The molecule has 2 N–H and O–H groups in total. The number of nitrogens with one attached hydrogen (secondary N) is 1. The SMILES string of the molecule is Cc1ccc(-c2noc(=O)[nH]2)cc1O. The van der Waals surface area contributed by atoms with E-state index in [-0.39, 0.29) is 5.75 Å². The van der Waals surface area contributed by atoms with Crippen LogP contribution in [0.4, 0.5) is 0 Å². The van der Waals surface area contributed by atoms with Crippen LogP contribution in [-0.2, 0) is 0 Å². The van der Waals surface area contributed by atoms with E-state index in [0.29, 0.717) is 11.4 Å². The lowest BCUT2D eigenvalue weighted by molar-refractivity contribution is 0.388. The molecule has 0 bridgehead atoms. The molecular weight excluding hydrogens is 184 g/mol. The quantitative estimate of drug-likeness (QED) is 0.707. The summed E-state index contributed by atoms with van der Waals surface area (Å²) < 4.78 is 4.35. The molecule has 72 valence electrons. The molecule has 0 saturated heterocycles. The Hall–Kier alpha value is -2.04. The molecular formula is C9H8N2O3. The van der Waals surface area contributed by atoms with Crippen LogP contribution in [0.15, 0.2) is 27.5 Å². The lowest BCUT2D eigenvalue weighted by Crippen LogP contribution is -1.94. The first kappa shape index (κ1) is 8.55. The Morgan fingerprint density at radius 3 is 2.86 bits per heavy atom. The Balaban J connectivity index is 2.52. The van der Waals surface area contributed by atoms with Gasteiger partial charge in [-0.05, 0) is 18.6 Å². The molecule has 0 amide bonds. The average Bonchev–Trinajstić information content (AvgIpc) is 2.57. The summed E-state index contributed by atoms with van der Waals surface area (Å²) in [5.74, 6) is -0.142. The molecule has 14 heavy (non-hydrogen) atoms. The maximum atomic E-state index is 10.7. The van der Waals surface area contributed by atoms with Crippen LogP contribution in [0.1, 0.15) is 5.56 Å². The molecule has 5 heteroatoms. The second kappa shape index (κ2) is 3.02. The van der Waals surface area contributed by atoms with Crippen molar-refractivity contribution in [2.75, 3.05) is 0 Å². The summed E-state index contributed by atoms with van der Waals surface area (Å²) in [5.41, 5.74) is 1.37. The first-order valence-corrected chi connectivity index (χ1v) is 4.03. The van der Waals surface area contributed by atoms with Crippen molar-refractivity contribution < 1.29 is 9.63 Å². The van der Waals surface area contributed by atoms with Gasteiger partial charge < -0.3 is 5.11 Å². The number of aromatic hydroxyl groups is 1. The molecule has 0 aliphatic carbocycles. The Bertz CT molecular complexity index is 513. The van der Waals surface area contributed by atoms with Crippen LogP contribution in [0.25, 0.3) is 11.4 Å². The largest absolute Gasteiger partial charge is 0.508 e. The number of H-pyrrole nitrogens is 1. The summed E-state index contributed by atoms with van der Waals surface area (Å²) in [4.78, 5) is 13.1. The zero-order valence-corrected chi connectivity index (χ0v) is 7.44. The predicted molar refractivity (Wildman–Crippen MR) is 49.0 cm³/mol. The van der Waals surface area contributed by atoms with E-state index in [2.05, 4.69) is 14.7 Å². The van der Waals surface area contributed by atoms with Crippen LogP contribution >= 0.6 is 0 Å². The van der Waals surface area contributed by atoms with Gasteiger partial charge in [0.25, 0.3) is 0 Å². The molecule has 0 fully saturated rings. The highest BCUT2D eigenvalue weighted by Crippen LogP contribution is 2.22. The molecule has 5 nitrogen and oxygen atoms in total. The second-order valence-corrected chi connectivity index (χ2v) is 2.94. The van der Waals surface area contributed by atoms with Crippen LogP contribution < -0.4 is 5.76 Å². The van der Waals surface area contributed by atoms with E-state index in [4.69, 9.17) is 0 Å². The van der Waals surface area contributed by atoms with Crippen LogP contribution in [0.5, 0.6) is 5.75 Å². The van der Waals surface area contributed by atoms with Gasteiger partial charge in [-0.25, -0.2) is 4.79 Å². The molecule has 0 aliphatic rings. The highest BCUT2D eigenvalue weighted by Gasteiger charge is 2.05. The molecule has 1 heterocycles. The van der Waals surface area contributed by atoms with Crippen molar-refractivity contribution in [3.05, 3.63) is 34.3 Å². The first-order valence-electron chi connectivity index (χ1n) is 4.03. The van der Waals surface area contributed by atoms with Crippen LogP contribution in [-0.4, -0.2) is 15.2 Å². The van der Waals surface area contributed by atoms with Gasteiger partial charge in [-0.15, -0.1) is 0 Å². The van der Waals surface area contributed by atoms with Gasteiger partial charge in [0.1, 0.15) is 5.75 Å². The fraction of sp³-hybridized carbons (Fsp3) is 0.111. The maximum absolute atomic E-state index is 10.7. The van der Waals surface area contributed by atoms with Gasteiger partial charge in [0.05, 0.1) is 0 Å². The number of phenolic OH excluding ortho intramolecular Hbond substituents is 1. The van der Waals surface area contributed by atoms with E-state index >= 15 is 0 Å². The molecule has 0 spiro atoms. The third-order valence-corrected chi connectivity index (χ3v) is 1.92. The van der Waals surface area contributed by atoms with E-state index in [0.717, 1.165) is 5.56 Å². The van der Waals surface area contributed by atoms with Gasteiger partial charge in [0, 0.05) is 5.56 Å². The lowest BCUT2D eigenvalue weighted by atomic mass is 10.1. The number of aryl methyl sites for hydroxylation is 1. The number of benzene rings is 1.